The van der Waals surface area contributed by atoms with Crippen molar-refractivity contribution in [2.75, 3.05) is 0 Å². The second-order valence-corrected chi connectivity index (χ2v) is 9.75. The van der Waals surface area contributed by atoms with E-state index in [2.05, 4.69) is 19.0 Å². The number of hydrogen-bond acceptors (Lipinski definition) is 4. The summed E-state index contributed by atoms with van der Waals surface area (Å²) < 4.78 is 11.9. The first-order valence-electron chi connectivity index (χ1n) is 9.79. The zero-order valence-corrected chi connectivity index (χ0v) is 14.6. The van der Waals surface area contributed by atoms with Crippen molar-refractivity contribution in [3.63, 3.8) is 0 Å². The van der Waals surface area contributed by atoms with E-state index in [1.807, 2.05) is 6.20 Å². The molecule has 1 aromatic rings. The smallest absolute Gasteiger partial charge is 0.171 e. The van der Waals surface area contributed by atoms with Crippen LogP contribution in [0.25, 0.3) is 0 Å². The number of aromatic nitrogens is 1. The Balaban J connectivity index is 1.42. The molecule has 1 aromatic heterocycles. The number of hydrogen-bond donors (Lipinski definition) is 1. The topological polar surface area (TPSA) is 58.8 Å². The van der Waals surface area contributed by atoms with Crippen LogP contribution in [0.15, 0.2) is 10.7 Å². The summed E-state index contributed by atoms with van der Waals surface area (Å²) in [6.45, 7) is 4.83. The van der Waals surface area contributed by atoms with Crippen LogP contribution < -0.4 is 0 Å². The Bertz CT molecular complexity index is 715. The molecule has 24 heavy (non-hydrogen) atoms. The van der Waals surface area contributed by atoms with Crippen LogP contribution in [0.5, 0.6) is 0 Å². The Morgan fingerprint density at radius 2 is 2.00 bits per heavy atom. The van der Waals surface area contributed by atoms with Crippen LogP contribution in [0.1, 0.15) is 69.8 Å². The van der Waals surface area contributed by atoms with Crippen molar-refractivity contribution in [2.24, 2.45) is 28.6 Å². The molecule has 8 atom stereocenters. The average Bonchev–Trinajstić information content (AvgIpc) is 2.99. The molecule has 1 saturated heterocycles. The first kappa shape index (κ1) is 14.3. The van der Waals surface area contributed by atoms with Crippen molar-refractivity contribution in [2.45, 2.75) is 76.6 Å². The summed E-state index contributed by atoms with van der Waals surface area (Å²) in [6, 6.07) is 0. The van der Waals surface area contributed by atoms with Crippen molar-refractivity contribution in [3.8, 4) is 0 Å². The van der Waals surface area contributed by atoms with Gasteiger partial charge < -0.3 is 14.4 Å². The van der Waals surface area contributed by atoms with Gasteiger partial charge in [-0.2, -0.15) is 0 Å². The van der Waals surface area contributed by atoms with E-state index < -0.39 is 0 Å². The maximum Gasteiger partial charge on any atom is 0.171 e. The molecular formula is C20H27NO3. The standard InChI is InChI=1S/C20H27NO3/c1-18-7-6-14-12(13(18)3-4-15(18)22)5-8-20-17(23-20)16-11(10-21-24-16)9-19(14,20)2/h10,12-15,17,22H,3-9H2,1-2H3/t12-,13-,14-,15-,17+,18-,19+,20+/m0/s1. The van der Waals surface area contributed by atoms with Gasteiger partial charge in [-0.25, -0.2) is 0 Å². The Hall–Kier alpha value is -0.870. The summed E-state index contributed by atoms with van der Waals surface area (Å²) in [4.78, 5) is 0. The quantitative estimate of drug-likeness (QED) is 0.738. The molecule has 0 radical (unpaired) electrons. The molecule has 5 aliphatic rings. The van der Waals surface area contributed by atoms with E-state index in [0.29, 0.717) is 11.8 Å². The molecular weight excluding hydrogens is 302 g/mol. The highest BCUT2D eigenvalue weighted by molar-refractivity contribution is 5.36. The number of nitrogens with zero attached hydrogens (tertiary/aromatic N) is 1. The molecule has 0 unspecified atom stereocenters. The fraction of sp³-hybridized carbons (Fsp3) is 0.850. The molecule has 0 amide bonds. The molecule has 6 rings (SSSR count). The van der Waals surface area contributed by atoms with Gasteiger partial charge in [-0.1, -0.05) is 19.0 Å². The largest absolute Gasteiger partial charge is 0.393 e. The van der Waals surface area contributed by atoms with Gasteiger partial charge in [0.1, 0.15) is 11.7 Å². The van der Waals surface area contributed by atoms with Crippen LogP contribution in [0.3, 0.4) is 0 Å². The maximum atomic E-state index is 10.6. The second-order valence-electron chi connectivity index (χ2n) is 9.75. The van der Waals surface area contributed by atoms with E-state index in [4.69, 9.17) is 9.26 Å². The molecule has 4 heteroatoms. The van der Waals surface area contributed by atoms with E-state index in [1.165, 1.54) is 31.2 Å². The van der Waals surface area contributed by atoms with Gasteiger partial charge in [-0.05, 0) is 68.1 Å². The Kier molecular flexibility index (Phi) is 2.44. The second kappa shape index (κ2) is 4.09. The fourth-order valence-electron chi connectivity index (χ4n) is 7.79. The highest BCUT2D eigenvalue weighted by Gasteiger charge is 2.76. The lowest BCUT2D eigenvalue weighted by Gasteiger charge is -2.58. The summed E-state index contributed by atoms with van der Waals surface area (Å²) in [5.41, 5.74) is 1.64. The number of ether oxygens (including phenoxy) is 1. The number of rotatable bonds is 0. The molecule has 2 heterocycles. The third-order valence-corrected chi connectivity index (χ3v) is 9.19. The van der Waals surface area contributed by atoms with E-state index in [9.17, 15) is 5.11 Å². The van der Waals surface area contributed by atoms with E-state index in [0.717, 1.165) is 30.9 Å². The molecule has 0 aromatic carbocycles. The molecule has 1 spiro atoms. The van der Waals surface area contributed by atoms with Crippen molar-refractivity contribution >= 4 is 0 Å². The molecule has 4 fully saturated rings. The van der Waals surface area contributed by atoms with Crippen LogP contribution in [0, 0.1) is 28.6 Å². The summed E-state index contributed by atoms with van der Waals surface area (Å²) in [5, 5.41) is 14.6. The molecule has 0 bridgehead atoms. The van der Waals surface area contributed by atoms with E-state index in [1.54, 1.807) is 0 Å². The normalized spacial score (nSPS) is 57.4. The van der Waals surface area contributed by atoms with E-state index >= 15 is 0 Å². The minimum absolute atomic E-state index is 0.00562. The van der Waals surface area contributed by atoms with Gasteiger partial charge in [0.15, 0.2) is 5.76 Å². The van der Waals surface area contributed by atoms with Crippen molar-refractivity contribution in [3.05, 3.63) is 17.5 Å². The van der Waals surface area contributed by atoms with Crippen molar-refractivity contribution in [1.29, 1.82) is 0 Å². The average molecular weight is 329 g/mol. The Morgan fingerprint density at radius 1 is 1.12 bits per heavy atom. The Labute approximate surface area is 142 Å². The first-order chi connectivity index (χ1) is 11.5. The van der Waals surface area contributed by atoms with Crippen LogP contribution in [-0.2, 0) is 11.2 Å². The lowest BCUT2D eigenvalue weighted by atomic mass is 9.45. The van der Waals surface area contributed by atoms with Crippen LogP contribution >= 0.6 is 0 Å². The van der Waals surface area contributed by atoms with Gasteiger partial charge in [-0.15, -0.1) is 0 Å². The molecule has 3 saturated carbocycles. The minimum Gasteiger partial charge on any atom is -0.393 e. The summed E-state index contributed by atoms with van der Waals surface area (Å²) in [6.07, 6.45) is 10.1. The third kappa shape index (κ3) is 1.37. The van der Waals surface area contributed by atoms with Crippen LogP contribution in [-0.4, -0.2) is 22.0 Å². The summed E-state index contributed by atoms with van der Waals surface area (Å²) in [5.74, 6) is 3.16. The number of aliphatic hydroxyl groups is 1. The van der Waals surface area contributed by atoms with Crippen LogP contribution in [0.4, 0.5) is 0 Å². The van der Waals surface area contributed by atoms with Crippen molar-refractivity contribution < 1.29 is 14.4 Å². The maximum absolute atomic E-state index is 10.6. The number of fused-ring (bicyclic) bond motifs is 6. The zero-order chi connectivity index (χ0) is 16.3. The first-order valence-corrected chi connectivity index (χ1v) is 9.79. The lowest BCUT2D eigenvalue weighted by Crippen LogP contribution is -2.57. The van der Waals surface area contributed by atoms with E-state index in [-0.39, 0.29) is 28.6 Å². The number of epoxide rings is 1. The van der Waals surface area contributed by atoms with Gasteiger partial charge in [0.25, 0.3) is 0 Å². The highest BCUT2D eigenvalue weighted by Crippen LogP contribution is 2.75. The predicted molar refractivity (Wildman–Crippen MR) is 87.2 cm³/mol. The third-order valence-electron chi connectivity index (χ3n) is 9.19. The molecule has 130 valence electrons. The highest BCUT2D eigenvalue weighted by atomic mass is 16.6. The zero-order valence-electron chi connectivity index (χ0n) is 14.6. The van der Waals surface area contributed by atoms with Gasteiger partial charge in [0.2, 0.25) is 0 Å². The predicted octanol–water partition coefficient (Wildman–Crippen LogP) is 3.64. The Morgan fingerprint density at radius 3 is 2.88 bits per heavy atom. The minimum atomic E-state index is -0.0897. The van der Waals surface area contributed by atoms with Crippen molar-refractivity contribution in [1.82, 2.24) is 5.16 Å². The SMILES string of the molecule is C[C@]12CC[C@H]3[C@@H](CC[C@@]45O[C@@H]4c4oncc4C[C@]35C)[C@@H]1CC[C@@H]2O. The molecule has 4 nitrogen and oxygen atoms in total. The lowest BCUT2D eigenvalue weighted by molar-refractivity contribution is -0.117. The fourth-order valence-corrected chi connectivity index (χ4v) is 7.79. The molecule has 1 N–H and O–H groups in total. The molecule has 4 aliphatic carbocycles. The van der Waals surface area contributed by atoms with Crippen LogP contribution in [0.2, 0.25) is 0 Å². The van der Waals surface area contributed by atoms with Gasteiger partial charge >= 0.3 is 0 Å². The van der Waals surface area contributed by atoms with Gasteiger partial charge in [0.05, 0.1) is 12.3 Å². The number of aliphatic hydroxyl groups excluding tert-OH is 1. The monoisotopic (exact) mass is 329 g/mol. The summed E-state index contributed by atoms with van der Waals surface area (Å²) >= 11 is 0. The van der Waals surface area contributed by atoms with Gasteiger partial charge in [-0.3, -0.25) is 0 Å². The molecule has 1 aliphatic heterocycles. The van der Waals surface area contributed by atoms with Gasteiger partial charge in [0, 0.05) is 11.0 Å². The summed E-state index contributed by atoms with van der Waals surface area (Å²) in [7, 11) is 0.